The van der Waals surface area contributed by atoms with E-state index in [1.54, 1.807) is 4.90 Å². The Morgan fingerprint density at radius 2 is 2.14 bits per heavy atom. The molecule has 1 aliphatic rings. The van der Waals surface area contributed by atoms with Gasteiger partial charge < -0.3 is 9.15 Å². The molecule has 1 amide bonds. The van der Waals surface area contributed by atoms with Gasteiger partial charge in [-0.3, -0.25) is 4.90 Å². The molecule has 0 saturated carbocycles. The zero-order chi connectivity index (χ0) is 16.1. The normalized spacial score (nSPS) is 18.4. The van der Waals surface area contributed by atoms with Crippen molar-refractivity contribution in [2.75, 3.05) is 6.54 Å². The number of furan rings is 1. The average Bonchev–Trinajstić information content (AvgIpc) is 2.76. The smallest absolute Gasteiger partial charge is 0.410 e. The highest BCUT2D eigenvalue weighted by Crippen LogP contribution is 2.37. The van der Waals surface area contributed by atoms with E-state index in [0.29, 0.717) is 6.54 Å². The van der Waals surface area contributed by atoms with Gasteiger partial charge in [0, 0.05) is 21.1 Å². The van der Waals surface area contributed by atoms with Crippen molar-refractivity contribution in [1.29, 1.82) is 0 Å². The van der Waals surface area contributed by atoms with Gasteiger partial charge in [-0.1, -0.05) is 0 Å². The minimum absolute atomic E-state index is 0.108. The van der Waals surface area contributed by atoms with Crippen LogP contribution in [0.2, 0.25) is 0 Å². The van der Waals surface area contributed by atoms with Crippen LogP contribution in [0.1, 0.15) is 45.1 Å². The summed E-state index contributed by atoms with van der Waals surface area (Å²) in [5.41, 5.74) is 1.63. The summed E-state index contributed by atoms with van der Waals surface area (Å²) in [6, 6.07) is 6.08. The molecule has 22 heavy (non-hydrogen) atoms. The summed E-state index contributed by atoms with van der Waals surface area (Å²) in [4.78, 5) is 14.1. The Balaban J connectivity index is 1.94. The average molecular weight is 413 g/mol. The third kappa shape index (κ3) is 2.83. The molecule has 4 nitrogen and oxygen atoms in total. The van der Waals surface area contributed by atoms with Crippen molar-refractivity contribution in [3.05, 3.63) is 33.1 Å². The summed E-state index contributed by atoms with van der Waals surface area (Å²) in [6.07, 6.45) is 0.520. The molecule has 0 spiro atoms. The highest BCUT2D eigenvalue weighted by molar-refractivity contribution is 14.1. The topological polar surface area (TPSA) is 42.7 Å². The molecular formula is C17H20INO3. The number of fused-ring (bicyclic) bond motifs is 3. The number of benzene rings is 1. The van der Waals surface area contributed by atoms with Crippen LogP contribution in [0.4, 0.5) is 4.79 Å². The van der Waals surface area contributed by atoms with E-state index in [9.17, 15) is 4.79 Å². The molecule has 118 valence electrons. The van der Waals surface area contributed by atoms with Gasteiger partial charge in [-0.05, 0) is 74.9 Å². The summed E-state index contributed by atoms with van der Waals surface area (Å²) >= 11 is 2.31. The van der Waals surface area contributed by atoms with Crippen LogP contribution in [0, 0.1) is 3.57 Å². The molecule has 0 fully saturated rings. The van der Waals surface area contributed by atoms with E-state index in [1.807, 2.05) is 39.8 Å². The van der Waals surface area contributed by atoms with Crippen molar-refractivity contribution >= 4 is 39.7 Å². The second kappa shape index (κ2) is 5.44. The van der Waals surface area contributed by atoms with Gasteiger partial charge in [0.05, 0.1) is 6.04 Å². The first-order chi connectivity index (χ1) is 10.3. The van der Waals surface area contributed by atoms with Gasteiger partial charge in [0.25, 0.3) is 0 Å². The summed E-state index contributed by atoms with van der Waals surface area (Å²) in [5.74, 6) is 0.883. The van der Waals surface area contributed by atoms with Crippen molar-refractivity contribution in [3.8, 4) is 0 Å². The van der Waals surface area contributed by atoms with Gasteiger partial charge in [0.2, 0.25) is 0 Å². The Hall–Kier alpha value is -1.24. The molecule has 0 bridgehead atoms. The number of carbonyl (C=O) groups is 1. The maximum absolute atomic E-state index is 12.4. The second-order valence-corrected chi connectivity index (χ2v) is 7.93. The largest absolute Gasteiger partial charge is 0.459 e. The van der Waals surface area contributed by atoms with Crippen LogP contribution in [0.3, 0.4) is 0 Å². The van der Waals surface area contributed by atoms with Crippen molar-refractivity contribution in [1.82, 2.24) is 4.90 Å². The number of halogens is 1. The van der Waals surface area contributed by atoms with Crippen LogP contribution in [0.25, 0.3) is 11.0 Å². The van der Waals surface area contributed by atoms with Gasteiger partial charge in [-0.2, -0.15) is 0 Å². The van der Waals surface area contributed by atoms with Gasteiger partial charge in [-0.15, -0.1) is 0 Å². The predicted molar refractivity (Wildman–Crippen MR) is 94.0 cm³/mol. The molecule has 0 N–H and O–H groups in total. The molecule has 5 heteroatoms. The standard InChI is InChI=1S/C17H20INO3/c1-10-15-12(13-9-11(18)5-6-14(13)21-15)7-8-19(10)16(20)22-17(2,3)4/h5-6,9-10H,7-8H2,1-4H3. The Bertz CT molecular complexity index is 729. The molecule has 0 saturated heterocycles. The minimum Gasteiger partial charge on any atom is -0.459 e. The quantitative estimate of drug-likeness (QED) is 0.578. The van der Waals surface area contributed by atoms with Gasteiger partial charge >= 0.3 is 6.09 Å². The van der Waals surface area contributed by atoms with Crippen LogP contribution < -0.4 is 0 Å². The lowest BCUT2D eigenvalue weighted by Gasteiger charge is -2.34. The van der Waals surface area contributed by atoms with Crippen LogP contribution >= 0.6 is 22.6 Å². The molecular weight excluding hydrogens is 393 g/mol. The molecule has 1 aliphatic heterocycles. The van der Waals surface area contributed by atoms with E-state index in [-0.39, 0.29) is 12.1 Å². The number of rotatable bonds is 0. The highest BCUT2D eigenvalue weighted by atomic mass is 127. The Morgan fingerprint density at radius 1 is 1.41 bits per heavy atom. The molecule has 1 aromatic heterocycles. The van der Waals surface area contributed by atoms with E-state index in [1.165, 1.54) is 9.13 Å². The lowest BCUT2D eigenvalue weighted by atomic mass is 9.99. The van der Waals surface area contributed by atoms with Gasteiger partial charge in [0.1, 0.15) is 16.9 Å². The Labute approximate surface area is 143 Å². The van der Waals surface area contributed by atoms with Crippen molar-refractivity contribution in [2.24, 2.45) is 0 Å². The fourth-order valence-electron chi connectivity index (χ4n) is 2.87. The zero-order valence-electron chi connectivity index (χ0n) is 13.3. The molecule has 1 unspecified atom stereocenters. The van der Waals surface area contributed by atoms with E-state index < -0.39 is 5.60 Å². The Kier molecular flexibility index (Phi) is 3.87. The maximum atomic E-state index is 12.4. The first-order valence-electron chi connectivity index (χ1n) is 7.47. The number of amides is 1. The Morgan fingerprint density at radius 3 is 2.82 bits per heavy atom. The third-order valence-corrected chi connectivity index (χ3v) is 4.53. The van der Waals surface area contributed by atoms with Crippen LogP contribution in [0.5, 0.6) is 0 Å². The fraction of sp³-hybridized carbons (Fsp3) is 0.471. The number of ether oxygens (including phenoxy) is 1. The molecule has 1 atom stereocenters. The summed E-state index contributed by atoms with van der Waals surface area (Å²) in [6.45, 7) is 8.30. The van der Waals surface area contributed by atoms with E-state index >= 15 is 0 Å². The van der Waals surface area contributed by atoms with Crippen molar-refractivity contribution in [2.45, 2.75) is 45.8 Å². The third-order valence-electron chi connectivity index (χ3n) is 3.86. The summed E-state index contributed by atoms with van der Waals surface area (Å²) in [5, 5.41) is 1.16. The molecule has 0 aliphatic carbocycles. The summed E-state index contributed by atoms with van der Waals surface area (Å²) in [7, 11) is 0. The SMILES string of the molecule is CC1c2oc3ccc(I)cc3c2CCN1C(=O)OC(C)(C)C. The first kappa shape index (κ1) is 15.6. The van der Waals surface area contributed by atoms with E-state index in [0.717, 1.165) is 23.2 Å². The number of hydrogen-bond acceptors (Lipinski definition) is 3. The number of nitrogens with zero attached hydrogens (tertiary/aromatic N) is 1. The van der Waals surface area contributed by atoms with E-state index in [2.05, 4.69) is 28.7 Å². The van der Waals surface area contributed by atoms with Crippen LogP contribution in [0.15, 0.2) is 22.6 Å². The van der Waals surface area contributed by atoms with Gasteiger partial charge in [0.15, 0.2) is 0 Å². The number of hydrogen-bond donors (Lipinski definition) is 0. The number of carbonyl (C=O) groups excluding carboxylic acids is 1. The molecule has 1 aromatic carbocycles. The van der Waals surface area contributed by atoms with Crippen LogP contribution in [-0.4, -0.2) is 23.1 Å². The summed E-state index contributed by atoms with van der Waals surface area (Å²) < 4.78 is 12.7. The van der Waals surface area contributed by atoms with Crippen molar-refractivity contribution < 1.29 is 13.9 Å². The zero-order valence-corrected chi connectivity index (χ0v) is 15.4. The van der Waals surface area contributed by atoms with Gasteiger partial charge in [-0.25, -0.2) is 4.79 Å². The molecule has 3 rings (SSSR count). The van der Waals surface area contributed by atoms with Crippen LogP contribution in [-0.2, 0) is 11.2 Å². The minimum atomic E-state index is -0.485. The predicted octanol–water partition coefficient (Wildman–Crippen LogP) is 4.89. The maximum Gasteiger partial charge on any atom is 0.410 e. The monoisotopic (exact) mass is 413 g/mol. The van der Waals surface area contributed by atoms with E-state index in [4.69, 9.17) is 9.15 Å². The lowest BCUT2D eigenvalue weighted by Crippen LogP contribution is -2.41. The highest BCUT2D eigenvalue weighted by Gasteiger charge is 2.34. The fourth-order valence-corrected chi connectivity index (χ4v) is 3.36. The molecule has 2 aromatic rings. The molecule has 2 heterocycles. The first-order valence-corrected chi connectivity index (χ1v) is 8.54. The molecule has 0 radical (unpaired) electrons. The second-order valence-electron chi connectivity index (χ2n) is 6.69. The van der Waals surface area contributed by atoms with Crippen molar-refractivity contribution in [3.63, 3.8) is 0 Å². The lowest BCUT2D eigenvalue weighted by molar-refractivity contribution is 0.0138.